The Balaban J connectivity index is 2.40. The van der Waals surface area contributed by atoms with Crippen LogP contribution in [0, 0.1) is 0 Å². The molecule has 0 aliphatic heterocycles. The maximum absolute atomic E-state index is 6.01. The highest BCUT2D eigenvalue weighted by molar-refractivity contribution is 6.30. The van der Waals surface area contributed by atoms with Gasteiger partial charge < -0.3 is 5.73 Å². The van der Waals surface area contributed by atoms with E-state index in [1.807, 2.05) is 28.9 Å². The van der Waals surface area contributed by atoms with E-state index in [1.165, 1.54) is 0 Å². The van der Waals surface area contributed by atoms with Crippen molar-refractivity contribution in [1.29, 1.82) is 0 Å². The van der Waals surface area contributed by atoms with Crippen molar-refractivity contribution in [2.24, 2.45) is 5.73 Å². The molecule has 1 aromatic heterocycles. The fourth-order valence-electron chi connectivity index (χ4n) is 1.90. The van der Waals surface area contributed by atoms with Crippen LogP contribution < -0.4 is 5.73 Å². The molecule has 0 amide bonds. The Labute approximate surface area is 112 Å². The molecule has 1 heterocycles. The van der Waals surface area contributed by atoms with Gasteiger partial charge in [-0.3, -0.25) is 0 Å². The van der Waals surface area contributed by atoms with Gasteiger partial charge in [-0.15, -0.1) is 5.10 Å². The Hall–Kier alpha value is -1.39. The maximum atomic E-state index is 6.01. The van der Waals surface area contributed by atoms with Crippen LogP contribution in [0.4, 0.5) is 0 Å². The lowest BCUT2D eigenvalue weighted by Gasteiger charge is -2.07. The number of rotatable bonds is 5. The summed E-state index contributed by atoms with van der Waals surface area (Å²) < 4.78 is 1.84. The van der Waals surface area contributed by atoms with E-state index < -0.39 is 0 Å². The quantitative estimate of drug-likeness (QED) is 0.903. The SMILES string of the molecule is CCCCc1c(CN)nnn1-c1cccc(Cl)c1. The van der Waals surface area contributed by atoms with E-state index in [0.29, 0.717) is 11.6 Å². The lowest BCUT2D eigenvalue weighted by molar-refractivity contribution is 0.714. The summed E-state index contributed by atoms with van der Waals surface area (Å²) in [5.41, 5.74) is 8.58. The largest absolute Gasteiger partial charge is 0.325 e. The van der Waals surface area contributed by atoms with Gasteiger partial charge >= 0.3 is 0 Å². The zero-order valence-electron chi connectivity index (χ0n) is 10.4. The van der Waals surface area contributed by atoms with E-state index in [2.05, 4.69) is 17.2 Å². The predicted octanol–water partition coefficient (Wildman–Crippen LogP) is 2.72. The molecule has 4 nitrogen and oxygen atoms in total. The van der Waals surface area contributed by atoms with Crippen LogP contribution in [0.15, 0.2) is 24.3 Å². The smallest absolute Gasteiger partial charge is 0.0999 e. The Morgan fingerprint density at radius 2 is 2.22 bits per heavy atom. The number of nitrogens with two attached hydrogens (primary N) is 1. The zero-order valence-corrected chi connectivity index (χ0v) is 11.2. The molecular weight excluding hydrogens is 248 g/mol. The molecule has 2 N–H and O–H groups in total. The van der Waals surface area contributed by atoms with Crippen LogP contribution >= 0.6 is 11.6 Å². The molecule has 0 saturated carbocycles. The Kier molecular flexibility index (Phi) is 4.33. The van der Waals surface area contributed by atoms with Gasteiger partial charge in [0, 0.05) is 11.6 Å². The van der Waals surface area contributed by atoms with Crippen LogP contribution in [0.1, 0.15) is 31.2 Å². The van der Waals surface area contributed by atoms with E-state index in [9.17, 15) is 0 Å². The monoisotopic (exact) mass is 264 g/mol. The molecule has 0 spiro atoms. The Morgan fingerprint density at radius 1 is 1.39 bits per heavy atom. The molecule has 0 radical (unpaired) electrons. The average Bonchev–Trinajstić information content (AvgIpc) is 2.79. The third kappa shape index (κ3) is 2.71. The summed E-state index contributed by atoms with van der Waals surface area (Å²) in [6.45, 7) is 2.58. The molecule has 1 aromatic carbocycles. The summed E-state index contributed by atoms with van der Waals surface area (Å²) in [6.07, 6.45) is 3.16. The second-order valence-corrected chi connectivity index (χ2v) is 4.62. The molecule has 0 aliphatic carbocycles. The normalized spacial score (nSPS) is 10.8. The third-order valence-corrected chi connectivity index (χ3v) is 3.09. The van der Waals surface area contributed by atoms with E-state index in [0.717, 1.165) is 36.3 Å². The fourth-order valence-corrected chi connectivity index (χ4v) is 2.09. The first-order valence-electron chi connectivity index (χ1n) is 6.15. The number of hydrogen-bond acceptors (Lipinski definition) is 3. The number of halogens is 1. The average molecular weight is 265 g/mol. The zero-order chi connectivity index (χ0) is 13.0. The van der Waals surface area contributed by atoms with Crippen molar-refractivity contribution in [3.63, 3.8) is 0 Å². The van der Waals surface area contributed by atoms with Crippen LogP contribution in [0.25, 0.3) is 5.69 Å². The summed E-state index contributed by atoms with van der Waals surface area (Å²) in [5, 5.41) is 9.01. The van der Waals surface area contributed by atoms with E-state index >= 15 is 0 Å². The summed E-state index contributed by atoms with van der Waals surface area (Å²) in [5.74, 6) is 0. The van der Waals surface area contributed by atoms with Crippen LogP contribution in [0.2, 0.25) is 5.02 Å². The van der Waals surface area contributed by atoms with Gasteiger partial charge in [0.2, 0.25) is 0 Å². The topological polar surface area (TPSA) is 56.7 Å². The fraction of sp³-hybridized carbons (Fsp3) is 0.385. The summed E-state index contributed by atoms with van der Waals surface area (Å²) in [6, 6.07) is 7.60. The number of hydrogen-bond donors (Lipinski definition) is 1. The van der Waals surface area contributed by atoms with Crippen molar-refractivity contribution in [2.75, 3.05) is 0 Å². The second-order valence-electron chi connectivity index (χ2n) is 4.18. The van der Waals surface area contributed by atoms with Crippen molar-refractivity contribution in [3.05, 3.63) is 40.7 Å². The highest BCUT2D eigenvalue weighted by Gasteiger charge is 2.12. The van der Waals surface area contributed by atoms with Crippen LogP contribution in [0.5, 0.6) is 0 Å². The molecule has 2 aromatic rings. The van der Waals surface area contributed by atoms with E-state index in [1.54, 1.807) is 0 Å². The molecule has 0 atom stereocenters. The first-order chi connectivity index (χ1) is 8.76. The van der Waals surface area contributed by atoms with Gasteiger partial charge in [0.25, 0.3) is 0 Å². The van der Waals surface area contributed by atoms with Gasteiger partial charge in [-0.05, 0) is 31.0 Å². The minimum atomic E-state index is 0.416. The minimum absolute atomic E-state index is 0.416. The molecule has 0 saturated heterocycles. The summed E-state index contributed by atoms with van der Waals surface area (Å²) in [7, 11) is 0. The Morgan fingerprint density at radius 3 is 2.89 bits per heavy atom. The van der Waals surface area contributed by atoms with Crippen LogP contribution in [0.3, 0.4) is 0 Å². The molecule has 0 aliphatic rings. The van der Waals surface area contributed by atoms with E-state index in [4.69, 9.17) is 17.3 Å². The molecular formula is C13H17ClN4. The van der Waals surface area contributed by atoms with Crippen LogP contribution in [-0.2, 0) is 13.0 Å². The van der Waals surface area contributed by atoms with Gasteiger partial charge in [0.05, 0.1) is 17.1 Å². The predicted molar refractivity (Wildman–Crippen MR) is 72.9 cm³/mol. The minimum Gasteiger partial charge on any atom is -0.325 e. The maximum Gasteiger partial charge on any atom is 0.0999 e. The Bertz CT molecular complexity index is 521. The van der Waals surface area contributed by atoms with Crippen molar-refractivity contribution in [3.8, 4) is 5.69 Å². The number of aromatic nitrogens is 3. The van der Waals surface area contributed by atoms with Gasteiger partial charge in [0.15, 0.2) is 0 Å². The van der Waals surface area contributed by atoms with Crippen molar-refractivity contribution in [2.45, 2.75) is 32.7 Å². The first kappa shape index (κ1) is 13.1. The summed E-state index contributed by atoms with van der Waals surface area (Å²) >= 11 is 6.01. The van der Waals surface area contributed by atoms with Gasteiger partial charge in [-0.2, -0.15) is 0 Å². The number of nitrogens with zero attached hydrogens (tertiary/aromatic N) is 3. The molecule has 0 unspecified atom stereocenters. The molecule has 18 heavy (non-hydrogen) atoms. The molecule has 96 valence electrons. The van der Waals surface area contributed by atoms with Crippen molar-refractivity contribution < 1.29 is 0 Å². The lowest BCUT2D eigenvalue weighted by Crippen LogP contribution is -2.06. The standard InChI is InChI=1S/C13H17ClN4/c1-2-3-7-13-12(9-15)16-17-18(13)11-6-4-5-10(14)8-11/h4-6,8H,2-3,7,9,15H2,1H3. The second kappa shape index (κ2) is 5.98. The molecule has 0 fully saturated rings. The molecule has 5 heteroatoms. The number of unbranched alkanes of at least 4 members (excludes halogenated alkanes) is 1. The van der Waals surface area contributed by atoms with Crippen molar-refractivity contribution >= 4 is 11.6 Å². The molecule has 0 bridgehead atoms. The third-order valence-electron chi connectivity index (χ3n) is 2.86. The highest BCUT2D eigenvalue weighted by Crippen LogP contribution is 2.18. The van der Waals surface area contributed by atoms with E-state index in [-0.39, 0.29) is 0 Å². The highest BCUT2D eigenvalue weighted by atomic mass is 35.5. The van der Waals surface area contributed by atoms with Gasteiger partial charge in [0.1, 0.15) is 0 Å². The van der Waals surface area contributed by atoms with Gasteiger partial charge in [-0.1, -0.05) is 36.2 Å². The van der Waals surface area contributed by atoms with Crippen LogP contribution in [-0.4, -0.2) is 15.0 Å². The first-order valence-corrected chi connectivity index (χ1v) is 6.53. The lowest BCUT2D eigenvalue weighted by atomic mass is 10.1. The van der Waals surface area contributed by atoms with Gasteiger partial charge in [-0.25, -0.2) is 4.68 Å². The number of benzene rings is 1. The molecule has 2 rings (SSSR count). The summed E-state index contributed by atoms with van der Waals surface area (Å²) in [4.78, 5) is 0. The van der Waals surface area contributed by atoms with Crippen molar-refractivity contribution in [1.82, 2.24) is 15.0 Å².